The number of thiophene rings is 1. The standard InChI is InChI=1S/C18H27N5S/c1-14-9-18-20-11-15(13-23(18)21-14)10-19-12-16(17-5-4-8-24-17)22-6-2-3-7-22/h4-5,8-9,15-16,19-20H,2-3,6-7,10-13H2,1H3/t15-,16-/m1/s1. The molecule has 0 aliphatic carbocycles. The molecule has 2 atom stereocenters. The lowest BCUT2D eigenvalue weighted by atomic mass is 10.1. The van der Waals surface area contributed by atoms with Gasteiger partial charge in [0.1, 0.15) is 5.82 Å². The van der Waals surface area contributed by atoms with Crippen LogP contribution in [-0.4, -0.2) is 47.4 Å². The van der Waals surface area contributed by atoms with E-state index in [1.807, 2.05) is 11.3 Å². The third-order valence-electron chi connectivity index (χ3n) is 5.13. The second-order valence-corrected chi connectivity index (χ2v) is 8.01. The van der Waals surface area contributed by atoms with Crippen molar-refractivity contribution >= 4 is 17.2 Å². The second kappa shape index (κ2) is 7.25. The van der Waals surface area contributed by atoms with E-state index in [0.717, 1.165) is 37.7 Å². The van der Waals surface area contributed by atoms with Gasteiger partial charge in [0.25, 0.3) is 0 Å². The number of likely N-dealkylation sites (tertiary alicyclic amines) is 1. The van der Waals surface area contributed by atoms with Crippen molar-refractivity contribution < 1.29 is 0 Å². The van der Waals surface area contributed by atoms with Crippen molar-refractivity contribution in [2.24, 2.45) is 5.92 Å². The number of aromatic nitrogens is 2. The van der Waals surface area contributed by atoms with E-state index in [4.69, 9.17) is 0 Å². The number of nitrogens with one attached hydrogen (secondary N) is 2. The Balaban J connectivity index is 1.32. The molecule has 0 bridgehead atoms. The van der Waals surface area contributed by atoms with Gasteiger partial charge in [-0.1, -0.05) is 6.07 Å². The van der Waals surface area contributed by atoms with E-state index >= 15 is 0 Å². The predicted molar refractivity (Wildman–Crippen MR) is 99.7 cm³/mol. The Morgan fingerprint density at radius 3 is 3.08 bits per heavy atom. The van der Waals surface area contributed by atoms with E-state index in [1.54, 1.807) is 0 Å². The van der Waals surface area contributed by atoms with Crippen LogP contribution in [0.1, 0.15) is 29.5 Å². The number of hydrogen-bond donors (Lipinski definition) is 2. The monoisotopic (exact) mass is 345 g/mol. The van der Waals surface area contributed by atoms with E-state index in [-0.39, 0.29) is 0 Å². The van der Waals surface area contributed by atoms with Crippen molar-refractivity contribution in [1.29, 1.82) is 0 Å². The molecule has 0 radical (unpaired) electrons. The Hall–Kier alpha value is -1.37. The van der Waals surface area contributed by atoms with Gasteiger partial charge in [-0.3, -0.25) is 4.90 Å². The Kier molecular flexibility index (Phi) is 4.87. The van der Waals surface area contributed by atoms with E-state index < -0.39 is 0 Å². The highest BCUT2D eigenvalue weighted by Gasteiger charge is 2.25. The molecule has 24 heavy (non-hydrogen) atoms. The molecule has 2 N–H and O–H groups in total. The van der Waals surface area contributed by atoms with Crippen LogP contribution in [-0.2, 0) is 6.54 Å². The summed E-state index contributed by atoms with van der Waals surface area (Å²) in [5.74, 6) is 1.76. The third-order valence-corrected chi connectivity index (χ3v) is 6.10. The van der Waals surface area contributed by atoms with Crippen molar-refractivity contribution in [1.82, 2.24) is 20.0 Å². The molecular weight excluding hydrogens is 318 g/mol. The Bertz CT molecular complexity index is 644. The van der Waals surface area contributed by atoms with Crippen LogP contribution < -0.4 is 10.6 Å². The Morgan fingerprint density at radius 1 is 1.42 bits per heavy atom. The molecule has 2 aliphatic rings. The van der Waals surface area contributed by atoms with Crippen molar-refractivity contribution in [3.8, 4) is 0 Å². The van der Waals surface area contributed by atoms with E-state index in [0.29, 0.717) is 12.0 Å². The summed E-state index contributed by atoms with van der Waals surface area (Å²) in [4.78, 5) is 4.14. The molecule has 6 heteroatoms. The van der Waals surface area contributed by atoms with Crippen LogP contribution in [0.2, 0.25) is 0 Å². The SMILES string of the molecule is Cc1cc2n(n1)C[C@H](CNC[C@H](c1cccs1)N1CCCC1)CN2. The van der Waals surface area contributed by atoms with E-state index in [2.05, 4.69) is 55.8 Å². The molecule has 0 aromatic carbocycles. The quantitative estimate of drug-likeness (QED) is 0.845. The van der Waals surface area contributed by atoms with Crippen molar-refractivity contribution in [3.05, 3.63) is 34.2 Å². The number of rotatable bonds is 6. The summed E-state index contributed by atoms with van der Waals surface area (Å²) < 4.78 is 2.11. The molecular formula is C18H27N5S. The van der Waals surface area contributed by atoms with Gasteiger partial charge in [-0.2, -0.15) is 5.10 Å². The highest BCUT2D eigenvalue weighted by Crippen LogP contribution is 2.28. The smallest absolute Gasteiger partial charge is 0.124 e. The average Bonchev–Trinajstić information content (AvgIpc) is 3.32. The fourth-order valence-electron chi connectivity index (χ4n) is 3.89. The molecule has 130 valence electrons. The first-order valence-corrected chi connectivity index (χ1v) is 9.94. The fraction of sp³-hybridized carbons (Fsp3) is 0.611. The van der Waals surface area contributed by atoms with Crippen LogP contribution in [0.5, 0.6) is 0 Å². The van der Waals surface area contributed by atoms with Crippen LogP contribution >= 0.6 is 11.3 Å². The van der Waals surface area contributed by atoms with Crippen LogP contribution in [0, 0.1) is 12.8 Å². The van der Waals surface area contributed by atoms with Gasteiger partial charge in [-0.15, -0.1) is 11.3 Å². The first kappa shape index (κ1) is 16.1. The fourth-order valence-corrected chi connectivity index (χ4v) is 4.75. The summed E-state index contributed by atoms with van der Waals surface area (Å²) in [6.07, 6.45) is 2.69. The maximum atomic E-state index is 4.57. The number of aryl methyl sites for hydroxylation is 1. The van der Waals surface area contributed by atoms with E-state index in [9.17, 15) is 0 Å². The summed E-state index contributed by atoms with van der Waals surface area (Å²) in [5, 5.41) is 14.0. The number of fused-ring (bicyclic) bond motifs is 1. The van der Waals surface area contributed by atoms with Crippen molar-refractivity contribution in [2.75, 3.05) is 38.0 Å². The summed E-state index contributed by atoms with van der Waals surface area (Å²) in [5.41, 5.74) is 1.10. The van der Waals surface area contributed by atoms with Crippen LogP contribution in [0.4, 0.5) is 5.82 Å². The summed E-state index contributed by atoms with van der Waals surface area (Å²) in [6.45, 7) is 8.67. The zero-order chi connectivity index (χ0) is 16.4. The molecule has 0 amide bonds. The average molecular weight is 346 g/mol. The van der Waals surface area contributed by atoms with Crippen LogP contribution in [0.15, 0.2) is 23.6 Å². The minimum Gasteiger partial charge on any atom is -0.370 e. The minimum absolute atomic E-state index is 0.534. The summed E-state index contributed by atoms with van der Waals surface area (Å²) in [7, 11) is 0. The maximum absolute atomic E-state index is 4.57. The topological polar surface area (TPSA) is 45.1 Å². The lowest BCUT2D eigenvalue weighted by molar-refractivity contribution is 0.237. The number of nitrogens with zero attached hydrogens (tertiary/aromatic N) is 3. The largest absolute Gasteiger partial charge is 0.370 e. The molecule has 5 nitrogen and oxygen atoms in total. The summed E-state index contributed by atoms with van der Waals surface area (Å²) in [6, 6.07) is 7.13. The lowest BCUT2D eigenvalue weighted by Gasteiger charge is -2.29. The van der Waals surface area contributed by atoms with E-state index in [1.165, 1.54) is 30.8 Å². The zero-order valence-electron chi connectivity index (χ0n) is 14.4. The molecule has 4 rings (SSSR count). The van der Waals surface area contributed by atoms with Crippen molar-refractivity contribution in [2.45, 2.75) is 32.4 Å². The number of hydrogen-bond acceptors (Lipinski definition) is 5. The van der Waals surface area contributed by atoms with Gasteiger partial charge in [-0.05, 0) is 44.3 Å². The Labute approximate surface area is 148 Å². The molecule has 1 saturated heterocycles. The second-order valence-electron chi connectivity index (χ2n) is 7.03. The molecule has 2 aliphatic heterocycles. The van der Waals surface area contributed by atoms with Gasteiger partial charge in [-0.25, -0.2) is 4.68 Å². The molecule has 2 aromatic heterocycles. The predicted octanol–water partition coefficient (Wildman–Crippen LogP) is 2.72. The van der Waals surface area contributed by atoms with Gasteiger partial charge < -0.3 is 10.6 Å². The highest BCUT2D eigenvalue weighted by molar-refractivity contribution is 7.10. The summed E-state index contributed by atoms with van der Waals surface area (Å²) >= 11 is 1.89. The Morgan fingerprint density at radius 2 is 2.29 bits per heavy atom. The van der Waals surface area contributed by atoms with Gasteiger partial charge >= 0.3 is 0 Å². The highest BCUT2D eigenvalue weighted by atomic mass is 32.1. The zero-order valence-corrected chi connectivity index (χ0v) is 15.2. The third kappa shape index (κ3) is 3.50. The minimum atomic E-state index is 0.534. The first-order valence-electron chi connectivity index (χ1n) is 9.06. The molecule has 0 unspecified atom stereocenters. The molecule has 0 spiro atoms. The van der Waals surface area contributed by atoms with Gasteiger partial charge in [0.15, 0.2) is 0 Å². The molecule has 0 saturated carbocycles. The normalized spacial score (nSPS) is 22.3. The lowest BCUT2D eigenvalue weighted by Crippen LogP contribution is -2.39. The molecule has 4 heterocycles. The van der Waals surface area contributed by atoms with Gasteiger partial charge in [0, 0.05) is 43.0 Å². The van der Waals surface area contributed by atoms with Gasteiger partial charge in [0.2, 0.25) is 0 Å². The maximum Gasteiger partial charge on any atom is 0.124 e. The van der Waals surface area contributed by atoms with Crippen LogP contribution in [0.25, 0.3) is 0 Å². The first-order chi connectivity index (χ1) is 11.8. The van der Waals surface area contributed by atoms with Crippen molar-refractivity contribution in [3.63, 3.8) is 0 Å². The van der Waals surface area contributed by atoms with Crippen LogP contribution in [0.3, 0.4) is 0 Å². The molecule has 2 aromatic rings. The number of anilines is 1. The van der Waals surface area contributed by atoms with Gasteiger partial charge in [0.05, 0.1) is 11.7 Å². The molecule has 1 fully saturated rings.